The number of urea groups is 1. The zero-order chi connectivity index (χ0) is 18.0. The molecule has 0 unspecified atom stereocenters. The molecule has 1 fully saturated rings. The van der Waals surface area contributed by atoms with Gasteiger partial charge in [-0.05, 0) is 37.1 Å². The van der Waals surface area contributed by atoms with Gasteiger partial charge in [-0.3, -0.25) is 0 Å². The average molecular weight is 364 g/mol. The number of furan rings is 1. The number of nitrogens with zero attached hydrogens (tertiary/aromatic N) is 1. The molecule has 2 aromatic rings. The molecule has 3 rings (SSSR count). The molecule has 1 aromatic carbocycles. The molecule has 134 valence electrons. The molecule has 0 aliphatic carbocycles. The average Bonchev–Trinajstić information content (AvgIpc) is 3.24. The van der Waals surface area contributed by atoms with Gasteiger partial charge in [0.1, 0.15) is 17.2 Å². The van der Waals surface area contributed by atoms with E-state index < -0.39 is 9.84 Å². The Kier molecular flexibility index (Phi) is 4.71. The summed E-state index contributed by atoms with van der Waals surface area (Å²) in [4.78, 5) is 14.5. The molecule has 1 aromatic heterocycles. The monoisotopic (exact) mass is 364 g/mol. The Bertz CT molecular complexity index is 861. The maximum atomic E-state index is 12.8. The minimum atomic E-state index is -3.52. The summed E-state index contributed by atoms with van der Waals surface area (Å²) < 4.78 is 34.7. The van der Waals surface area contributed by atoms with Gasteiger partial charge in [0.2, 0.25) is 0 Å². The summed E-state index contributed by atoms with van der Waals surface area (Å²) in [6.07, 6.45) is 4.32. The number of nitrogens with one attached hydrogen (secondary N) is 1. The largest absolute Gasteiger partial charge is 0.495 e. The highest BCUT2D eigenvalue weighted by molar-refractivity contribution is 7.90. The molecule has 0 bridgehead atoms. The molecular formula is C17H20N2O5S. The van der Waals surface area contributed by atoms with Crippen LogP contribution in [0, 0.1) is 0 Å². The van der Waals surface area contributed by atoms with Crippen molar-refractivity contribution >= 4 is 21.6 Å². The number of rotatable bonds is 4. The van der Waals surface area contributed by atoms with Gasteiger partial charge in [-0.15, -0.1) is 0 Å². The van der Waals surface area contributed by atoms with E-state index in [4.69, 9.17) is 9.15 Å². The SMILES string of the molecule is COc1cccc(S(C)(=O)=O)c1NC(=O)N1CCC[C@H]1c1ccco1. The number of benzene rings is 1. The number of carbonyl (C=O) groups is 1. The summed E-state index contributed by atoms with van der Waals surface area (Å²) in [6, 6.07) is 7.71. The molecule has 7 nitrogen and oxygen atoms in total. The van der Waals surface area contributed by atoms with Crippen LogP contribution >= 0.6 is 0 Å². The molecular weight excluding hydrogens is 344 g/mol. The van der Waals surface area contributed by atoms with Crippen LogP contribution in [0.3, 0.4) is 0 Å². The van der Waals surface area contributed by atoms with E-state index in [0.717, 1.165) is 24.9 Å². The number of ether oxygens (including phenoxy) is 1. The zero-order valence-corrected chi connectivity index (χ0v) is 14.9. The molecule has 0 spiro atoms. The Morgan fingerprint density at radius 1 is 1.32 bits per heavy atom. The molecule has 1 aliphatic rings. The quantitative estimate of drug-likeness (QED) is 0.901. The van der Waals surface area contributed by atoms with Crippen molar-refractivity contribution in [2.75, 3.05) is 25.2 Å². The Morgan fingerprint density at radius 3 is 2.76 bits per heavy atom. The van der Waals surface area contributed by atoms with Gasteiger partial charge in [0.25, 0.3) is 0 Å². The van der Waals surface area contributed by atoms with Crippen LogP contribution < -0.4 is 10.1 Å². The fourth-order valence-corrected chi connectivity index (χ4v) is 3.93. The number of carbonyl (C=O) groups excluding carboxylic acids is 1. The number of amides is 2. The van der Waals surface area contributed by atoms with Crippen molar-refractivity contribution in [3.63, 3.8) is 0 Å². The van der Waals surface area contributed by atoms with E-state index in [1.54, 1.807) is 29.4 Å². The van der Waals surface area contributed by atoms with Crippen LogP contribution in [0.25, 0.3) is 0 Å². The summed E-state index contributed by atoms with van der Waals surface area (Å²) in [5, 5.41) is 2.71. The van der Waals surface area contributed by atoms with Crippen LogP contribution in [-0.4, -0.2) is 39.3 Å². The number of para-hydroxylation sites is 1. The van der Waals surface area contributed by atoms with Gasteiger partial charge in [-0.1, -0.05) is 6.07 Å². The predicted octanol–water partition coefficient (Wildman–Crippen LogP) is 3.06. The van der Waals surface area contributed by atoms with Crippen LogP contribution in [0.4, 0.5) is 10.5 Å². The lowest BCUT2D eigenvalue weighted by Crippen LogP contribution is -2.34. The first-order valence-corrected chi connectivity index (χ1v) is 9.79. The van der Waals surface area contributed by atoms with E-state index in [-0.39, 0.29) is 22.7 Å². The Labute approximate surface area is 146 Å². The fourth-order valence-electron chi connectivity index (χ4n) is 3.08. The Hall–Kier alpha value is -2.48. The van der Waals surface area contributed by atoms with Gasteiger partial charge in [0.15, 0.2) is 9.84 Å². The molecule has 1 atom stereocenters. The summed E-state index contributed by atoms with van der Waals surface area (Å²) in [6.45, 7) is 0.570. The van der Waals surface area contributed by atoms with E-state index in [2.05, 4.69) is 5.32 Å². The van der Waals surface area contributed by atoms with E-state index in [1.807, 2.05) is 6.07 Å². The molecule has 0 saturated carbocycles. The summed E-state index contributed by atoms with van der Waals surface area (Å²) >= 11 is 0. The van der Waals surface area contributed by atoms with Crippen LogP contribution in [0.15, 0.2) is 45.9 Å². The van der Waals surface area contributed by atoms with Gasteiger partial charge in [0.05, 0.1) is 24.3 Å². The van der Waals surface area contributed by atoms with Crippen molar-refractivity contribution in [2.45, 2.75) is 23.8 Å². The number of methoxy groups -OCH3 is 1. The summed E-state index contributed by atoms with van der Waals surface area (Å²) in [7, 11) is -2.09. The fraction of sp³-hybridized carbons (Fsp3) is 0.353. The third kappa shape index (κ3) is 3.48. The Morgan fingerprint density at radius 2 is 2.12 bits per heavy atom. The first kappa shape index (κ1) is 17.3. The maximum absolute atomic E-state index is 12.8. The van der Waals surface area contributed by atoms with E-state index in [9.17, 15) is 13.2 Å². The molecule has 25 heavy (non-hydrogen) atoms. The summed E-state index contributed by atoms with van der Waals surface area (Å²) in [5.74, 6) is 1.01. The first-order chi connectivity index (χ1) is 11.9. The molecule has 1 N–H and O–H groups in total. The standard InChI is InChI=1S/C17H20N2O5S/c1-23-14-7-3-9-15(25(2,21)22)16(14)18-17(20)19-10-4-6-12(19)13-8-5-11-24-13/h3,5,7-9,11-12H,4,6,10H2,1-2H3,(H,18,20)/t12-/m0/s1. The first-order valence-electron chi connectivity index (χ1n) is 7.90. The van der Waals surface area contributed by atoms with Gasteiger partial charge >= 0.3 is 6.03 Å². The number of anilines is 1. The molecule has 8 heteroatoms. The van der Waals surface area contributed by atoms with E-state index >= 15 is 0 Å². The number of sulfone groups is 1. The van der Waals surface area contributed by atoms with Crippen molar-refractivity contribution in [3.05, 3.63) is 42.4 Å². The van der Waals surface area contributed by atoms with Gasteiger partial charge < -0.3 is 19.4 Å². The highest BCUT2D eigenvalue weighted by Crippen LogP contribution is 2.35. The second kappa shape index (κ2) is 6.79. The molecule has 2 heterocycles. The minimum absolute atomic E-state index is 0.0222. The number of likely N-dealkylation sites (tertiary alicyclic amines) is 1. The van der Waals surface area contributed by atoms with Crippen molar-refractivity contribution in [3.8, 4) is 5.75 Å². The normalized spacial score (nSPS) is 17.5. The van der Waals surface area contributed by atoms with Gasteiger partial charge in [-0.2, -0.15) is 0 Å². The van der Waals surface area contributed by atoms with Crippen molar-refractivity contribution in [1.82, 2.24) is 4.90 Å². The third-order valence-electron chi connectivity index (χ3n) is 4.22. The minimum Gasteiger partial charge on any atom is -0.495 e. The Balaban J connectivity index is 1.91. The second-order valence-electron chi connectivity index (χ2n) is 5.90. The highest BCUT2D eigenvalue weighted by atomic mass is 32.2. The van der Waals surface area contributed by atoms with Crippen LogP contribution in [-0.2, 0) is 9.84 Å². The second-order valence-corrected chi connectivity index (χ2v) is 7.89. The maximum Gasteiger partial charge on any atom is 0.322 e. The smallest absolute Gasteiger partial charge is 0.322 e. The number of hydrogen-bond acceptors (Lipinski definition) is 5. The van der Waals surface area contributed by atoms with Crippen LogP contribution in [0.1, 0.15) is 24.6 Å². The van der Waals surface area contributed by atoms with Gasteiger partial charge in [-0.25, -0.2) is 13.2 Å². The van der Waals surface area contributed by atoms with E-state index in [1.165, 1.54) is 13.2 Å². The van der Waals surface area contributed by atoms with Crippen LogP contribution in [0.2, 0.25) is 0 Å². The highest BCUT2D eigenvalue weighted by Gasteiger charge is 2.33. The lowest BCUT2D eigenvalue weighted by atomic mass is 10.2. The molecule has 2 amide bonds. The van der Waals surface area contributed by atoms with Crippen molar-refractivity contribution < 1.29 is 22.4 Å². The van der Waals surface area contributed by atoms with E-state index in [0.29, 0.717) is 12.3 Å². The van der Waals surface area contributed by atoms with Crippen molar-refractivity contribution in [2.24, 2.45) is 0 Å². The number of hydrogen-bond donors (Lipinski definition) is 1. The van der Waals surface area contributed by atoms with Crippen molar-refractivity contribution in [1.29, 1.82) is 0 Å². The summed E-state index contributed by atoms with van der Waals surface area (Å²) in [5.41, 5.74) is 0.155. The topological polar surface area (TPSA) is 88.8 Å². The lowest BCUT2D eigenvalue weighted by molar-refractivity contribution is 0.199. The molecule has 0 radical (unpaired) electrons. The third-order valence-corrected chi connectivity index (χ3v) is 5.36. The van der Waals surface area contributed by atoms with Gasteiger partial charge in [0, 0.05) is 12.8 Å². The molecule has 1 saturated heterocycles. The van der Waals surface area contributed by atoms with Crippen LogP contribution in [0.5, 0.6) is 5.75 Å². The predicted molar refractivity (Wildman–Crippen MR) is 92.5 cm³/mol. The molecule has 1 aliphatic heterocycles. The lowest BCUT2D eigenvalue weighted by Gasteiger charge is -2.24. The zero-order valence-electron chi connectivity index (χ0n) is 14.1.